The lowest BCUT2D eigenvalue weighted by Gasteiger charge is -2.17. The number of hydrogen-bond acceptors (Lipinski definition) is 5. The van der Waals surface area contributed by atoms with Gasteiger partial charge in [-0.05, 0) is 13.8 Å². The van der Waals surface area contributed by atoms with Crippen LogP contribution in [-0.4, -0.2) is 63.4 Å². The van der Waals surface area contributed by atoms with E-state index in [9.17, 15) is 9.59 Å². The van der Waals surface area contributed by atoms with Crippen molar-refractivity contribution in [2.75, 3.05) is 40.0 Å². The summed E-state index contributed by atoms with van der Waals surface area (Å²) < 4.78 is 15.9. The lowest BCUT2D eigenvalue weighted by Crippen LogP contribution is -2.30. The largest absolute Gasteiger partial charge is 0.376 e. The molecule has 1 amide bonds. The van der Waals surface area contributed by atoms with E-state index in [0.717, 1.165) is 0 Å². The first-order chi connectivity index (χ1) is 8.65. The third kappa shape index (κ3) is 8.16. The van der Waals surface area contributed by atoms with E-state index < -0.39 is 0 Å². The highest BCUT2D eigenvalue weighted by molar-refractivity contribution is 5.78. The molecule has 0 fully saturated rings. The van der Waals surface area contributed by atoms with Crippen molar-refractivity contribution in [1.29, 1.82) is 0 Å². The van der Waals surface area contributed by atoms with E-state index in [-0.39, 0.29) is 25.2 Å². The van der Waals surface area contributed by atoms with E-state index in [1.165, 1.54) is 4.90 Å². The van der Waals surface area contributed by atoms with Gasteiger partial charge in [0.05, 0.1) is 26.2 Å². The Bertz CT molecular complexity index is 229. The second kappa shape index (κ2) is 11.1. The molecule has 0 heterocycles. The number of likely N-dealkylation sites (N-methyl/N-ethyl adjacent to an activating group) is 1. The summed E-state index contributed by atoms with van der Waals surface area (Å²) in [6.07, 6.45) is 0.552. The number of hydrogen-bond donors (Lipinski definition) is 0. The molecule has 0 unspecified atom stereocenters. The van der Waals surface area contributed by atoms with Gasteiger partial charge in [-0.1, -0.05) is 0 Å². The highest BCUT2D eigenvalue weighted by Gasteiger charge is 2.10. The Morgan fingerprint density at radius 1 is 1.28 bits per heavy atom. The summed E-state index contributed by atoms with van der Waals surface area (Å²) in [4.78, 5) is 23.0. The van der Waals surface area contributed by atoms with Crippen molar-refractivity contribution in [2.45, 2.75) is 26.6 Å². The van der Waals surface area contributed by atoms with E-state index >= 15 is 0 Å². The van der Waals surface area contributed by atoms with Crippen LogP contribution < -0.4 is 0 Å². The molecule has 0 saturated carbocycles. The van der Waals surface area contributed by atoms with Crippen molar-refractivity contribution >= 4 is 12.2 Å². The standard InChI is InChI=1S/C12H23NO5/c1-4-17-12(18-5-2)10-16-9-6-11(15)13(3)7-8-14/h8,12H,4-7,9-10H2,1-3H3. The van der Waals surface area contributed by atoms with Gasteiger partial charge in [0.25, 0.3) is 0 Å². The van der Waals surface area contributed by atoms with Crippen molar-refractivity contribution in [2.24, 2.45) is 0 Å². The van der Waals surface area contributed by atoms with Gasteiger partial charge < -0.3 is 23.9 Å². The molecule has 6 nitrogen and oxygen atoms in total. The third-order valence-electron chi connectivity index (χ3n) is 2.19. The van der Waals surface area contributed by atoms with Gasteiger partial charge in [-0.15, -0.1) is 0 Å². The summed E-state index contributed by atoms with van der Waals surface area (Å²) in [5, 5.41) is 0. The minimum Gasteiger partial charge on any atom is -0.376 e. The first kappa shape index (κ1) is 17.0. The smallest absolute Gasteiger partial charge is 0.225 e. The molecule has 106 valence electrons. The molecule has 0 bridgehead atoms. The highest BCUT2D eigenvalue weighted by Crippen LogP contribution is 1.98. The average molecular weight is 261 g/mol. The number of aldehydes is 1. The minimum absolute atomic E-state index is 0.110. The summed E-state index contributed by atoms with van der Waals surface area (Å²) in [7, 11) is 1.58. The van der Waals surface area contributed by atoms with Crippen LogP contribution in [0.5, 0.6) is 0 Å². The Morgan fingerprint density at radius 3 is 2.39 bits per heavy atom. The van der Waals surface area contributed by atoms with E-state index in [4.69, 9.17) is 14.2 Å². The van der Waals surface area contributed by atoms with Crippen molar-refractivity contribution in [3.63, 3.8) is 0 Å². The predicted octanol–water partition coefficient (Wildman–Crippen LogP) is 0.450. The van der Waals surface area contributed by atoms with Crippen molar-refractivity contribution in [3.05, 3.63) is 0 Å². The molecule has 0 saturated heterocycles. The lowest BCUT2D eigenvalue weighted by atomic mass is 10.4. The molecule has 0 rings (SSSR count). The Kier molecular flexibility index (Phi) is 10.5. The van der Waals surface area contributed by atoms with Gasteiger partial charge in [-0.3, -0.25) is 4.79 Å². The number of amides is 1. The van der Waals surface area contributed by atoms with Gasteiger partial charge in [0.1, 0.15) is 6.29 Å². The zero-order chi connectivity index (χ0) is 13.8. The van der Waals surface area contributed by atoms with Crippen LogP contribution in [0.1, 0.15) is 20.3 Å². The van der Waals surface area contributed by atoms with E-state index in [2.05, 4.69) is 0 Å². The van der Waals surface area contributed by atoms with Gasteiger partial charge in [0.15, 0.2) is 6.29 Å². The van der Waals surface area contributed by atoms with Crippen LogP contribution in [0.4, 0.5) is 0 Å². The molecule has 0 aromatic rings. The molecule has 0 aromatic heterocycles. The number of rotatable bonds is 11. The monoisotopic (exact) mass is 261 g/mol. The maximum Gasteiger partial charge on any atom is 0.225 e. The van der Waals surface area contributed by atoms with Crippen LogP contribution in [-0.2, 0) is 23.8 Å². The summed E-state index contributed by atoms with van der Waals surface area (Å²) >= 11 is 0. The number of ether oxygens (including phenoxy) is 3. The summed E-state index contributed by atoms with van der Waals surface area (Å²) in [6.45, 7) is 5.56. The normalized spacial score (nSPS) is 10.7. The number of carbonyl (C=O) groups excluding carboxylic acids is 2. The molecule has 0 aliphatic heterocycles. The fraction of sp³-hybridized carbons (Fsp3) is 0.833. The molecule has 0 aliphatic rings. The fourth-order valence-corrected chi connectivity index (χ4v) is 1.26. The molecule has 0 N–H and O–H groups in total. The van der Waals surface area contributed by atoms with Crippen molar-refractivity contribution in [3.8, 4) is 0 Å². The third-order valence-corrected chi connectivity index (χ3v) is 2.19. The molecule has 6 heteroatoms. The Morgan fingerprint density at radius 2 is 1.89 bits per heavy atom. The molecule has 0 atom stereocenters. The van der Waals surface area contributed by atoms with Crippen LogP contribution in [0.15, 0.2) is 0 Å². The van der Waals surface area contributed by atoms with Gasteiger partial charge in [-0.2, -0.15) is 0 Å². The van der Waals surface area contributed by atoms with Crippen LogP contribution in [0, 0.1) is 0 Å². The van der Waals surface area contributed by atoms with E-state index in [0.29, 0.717) is 32.7 Å². The van der Waals surface area contributed by atoms with Crippen LogP contribution in [0.25, 0.3) is 0 Å². The number of carbonyl (C=O) groups is 2. The van der Waals surface area contributed by atoms with E-state index in [1.54, 1.807) is 7.05 Å². The summed E-state index contributed by atoms with van der Waals surface area (Å²) in [5.41, 5.74) is 0. The Balaban J connectivity index is 3.69. The SMILES string of the molecule is CCOC(COCCC(=O)N(C)CC=O)OCC. The molecular formula is C12H23NO5. The maximum absolute atomic E-state index is 11.5. The first-order valence-corrected chi connectivity index (χ1v) is 6.14. The molecule has 0 spiro atoms. The summed E-state index contributed by atoms with van der Waals surface area (Å²) in [5.74, 6) is -0.119. The van der Waals surface area contributed by atoms with Gasteiger partial charge >= 0.3 is 0 Å². The zero-order valence-electron chi connectivity index (χ0n) is 11.4. The van der Waals surface area contributed by atoms with Gasteiger partial charge in [0.2, 0.25) is 5.91 Å². The van der Waals surface area contributed by atoms with Crippen LogP contribution in [0.3, 0.4) is 0 Å². The first-order valence-electron chi connectivity index (χ1n) is 6.14. The average Bonchev–Trinajstić information content (AvgIpc) is 2.35. The van der Waals surface area contributed by atoms with Gasteiger partial charge in [0, 0.05) is 20.3 Å². The number of nitrogens with zero attached hydrogens (tertiary/aromatic N) is 1. The Labute approximate surface area is 108 Å². The fourth-order valence-electron chi connectivity index (χ4n) is 1.26. The van der Waals surface area contributed by atoms with E-state index in [1.807, 2.05) is 13.8 Å². The zero-order valence-corrected chi connectivity index (χ0v) is 11.4. The highest BCUT2D eigenvalue weighted by atomic mass is 16.7. The minimum atomic E-state index is -0.386. The maximum atomic E-state index is 11.5. The topological polar surface area (TPSA) is 65.1 Å². The molecule has 0 aliphatic carbocycles. The second-order valence-electron chi connectivity index (χ2n) is 3.61. The summed E-state index contributed by atoms with van der Waals surface area (Å²) in [6, 6.07) is 0. The Hall–Kier alpha value is -0.980. The molecule has 18 heavy (non-hydrogen) atoms. The predicted molar refractivity (Wildman–Crippen MR) is 66.2 cm³/mol. The van der Waals surface area contributed by atoms with Crippen molar-refractivity contribution < 1.29 is 23.8 Å². The van der Waals surface area contributed by atoms with Gasteiger partial charge in [-0.25, -0.2) is 0 Å². The molecule has 0 radical (unpaired) electrons. The lowest BCUT2D eigenvalue weighted by molar-refractivity contribution is -0.168. The molecule has 0 aromatic carbocycles. The quantitative estimate of drug-likeness (QED) is 0.307. The van der Waals surface area contributed by atoms with Crippen molar-refractivity contribution in [1.82, 2.24) is 4.90 Å². The van der Waals surface area contributed by atoms with Crippen LogP contribution >= 0.6 is 0 Å². The second-order valence-corrected chi connectivity index (χ2v) is 3.61. The van der Waals surface area contributed by atoms with Crippen LogP contribution in [0.2, 0.25) is 0 Å². The molecular weight excluding hydrogens is 238 g/mol.